The van der Waals surface area contributed by atoms with Crippen LogP contribution >= 0.6 is 0 Å². The molecule has 0 saturated carbocycles. The molecule has 1 unspecified atom stereocenters. The molecule has 3 N–H and O–H groups in total. The minimum atomic E-state index is -2.03. The summed E-state index contributed by atoms with van der Waals surface area (Å²) in [5.41, 5.74) is 11.3. The van der Waals surface area contributed by atoms with Gasteiger partial charge in [-0.1, -0.05) is 47.5 Å². The van der Waals surface area contributed by atoms with Crippen LogP contribution in [0.3, 0.4) is 0 Å². The molecule has 0 saturated heterocycles. The van der Waals surface area contributed by atoms with Gasteiger partial charge in [0.15, 0.2) is 0 Å². The molecular formula is C23H22N3NaO3S. The predicted octanol–water partition coefficient (Wildman–Crippen LogP) is 1.50. The van der Waals surface area contributed by atoms with Crippen LogP contribution in [0.2, 0.25) is 0 Å². The third kappa shape index (κ3) is 6.04. The zero-order valence-corrected chi connectivity index (χ0v) is 20.2. The second-order valence-corrected chi connectivity index (χ2v) is 8.04. The third-order valence-electron chi connectivity index (χ3n) is 4.74. The molecule has 0 aliphatic rings. The van der Waals surface area contributed by atoms with Gasteiger partial charge in [-0.3, -0.25) is 4.21 Å². The van der Waals surface area contributed by atoms with Gasteiger partial charge in [-0.2, -0.15) is 0 Å². The van der Waals surface area contributed by atoms with E-state index in [9.17, 15) is 8.76 Å². The molecule has 31 heavy (non-hydrogen) atoms. The number of hydrogen-bond acceptors (Lipinski definition) is 6. The van der Waals surface area contributed by atoms with Crippen LogP contribution < -0.4 is 40.6 Å². The summed E-state index contributed by atoms with van der Waals surface area (Å²) in [5, 5.41) is 5.59. The fourth-order valence-electron chi connectivity index (χ4n) is 3.46. The Morgan fingerprint density at radius 2 is 1.65 bits per heavy atom. The average molecular weight is 444 g/mol. The molecule has 0 aliphatic heterocycles. The first-order valence-electron chi connectivity index (χ1n) is 9.68. The summed E-state index contributed by atoms with van der Waals surface area (Å²) in [7, 11) is 0. The van der Waals surface area contributed by atoms with Gasteiger partial charge in [-0.15, -0.1) is 0 Å². The topological polar surface area (TPSA) is 100 Å². The smallest absolute Gasteiger partial charge is 0.772 e. The Morgan fingerprint density at radius 1 is 1.00 bits per heavy atom. The van der Waals surface area contributed by atoms with Crippen molar-refractivity contribution in [3.8, 4) is 0 Å². The van der Waals surface area contributed by atoms with E-state index in [4.69, 9.17) is 15.5 Å². The molecule has 3 aromatic carbocycles. The van der Waals surface area contributed by atoms with Crippen molar-refractivity contribution in [1.82, 2.24) is 4.98 Å². The summed E-state index contributed by atoms with van der Waals surface area (Å²) in [6.07, 6.45) is 0.471. The minimum Gasteiger partial charge on any atom is -0.772 e. The molecule has 0 spiro atoms. The summed E-state index contributed by atoms with van der Waals surface area (Å²) < 4.78 is 26.8. The Labute approximate surface area is 205 Å². The zero-order chi connectivity index (χ0) is 20.9. The zero-order valence-electron chi connectivity index (χ0n) is 17.3. The predicted molar refractivity (Wildman–Crippen MR) is 121 cm³/mol. The maximum absolute atomic E-state index is 10.6. The summed E-state index contributed by atoms with van der Waals surface area (Å²) in [6.45, 7) is 0.744. The van der Waals surface area contributed by atoms with E-state index in [-0.39, 0.29) is 35.3 Å². The molecular weight excluding hydrogens is 421 g/mol. The van der Waals surface area contributed by atoms with Crippen LogP contribution in [0, 0.1) is 0 Å². The molecule has 1 heterocycles. The van der Waals surface area contributed by atoms with Crippen molar-refractivity contribution < 1.29 is 43.1 Å². The van der Waals surface area contributed by atoms with Crippen LogP contribution in [0.4, 0.5) is 17.1 Å². The number of hydrogen-bond donors (Lipinski definition) is 2. The van der Waals surface area contributed by atoms with Gasteiger partial charge in [0.1, 0.15) is 0 Å². The van der Waals surface area contributed by atoms with Crippen LogP contribution in [-0.2, 0) is 22.4 Å². The van der Waals surface area contributed by atoms with Crippen molar-refractivity contribution in [1.29, 1.82) is 0 Å². The van der Waals surface area contributed by atoms with Crippen LogP contribution in [0.25, 0.3) is 21.8 Å². The molecule has 0 aliphatic carbocycles. The number of fused-ring (bicyclic) bond motifs is 2. The van der Waals surface area contributed by atoms with Crippen LogP contribution in [0.5, 0.6) is 0 Å². The number of aromatic nitrogens is 1. The third-order valence-corrected chi connectivity index (χ3v) is 5.36. The maximum Gasteiger partial charge on any atom is 1.00 e. The standard InChI is InChI=1S/C23H23N3O3S.Na/c24-17-12-16(15-29-10-5-11-30(27)28)13-18(14-17)25-23-19-6-1-3-8-21(19)26-22-9-4-2-7-20(22)23;/h1-4,6-9,12-14H,5,10-11,15,24H2,(H,25,26)(H,27,28);/q;+1/p-1. The van der Waals surface area contributed by atoms with Gasteiger partial charge in [0.05, 0.1) is 23.3 Å². The van der Waals surface area contributed by atoms with E-state index in [1.54, 1.807) is 0 Å². The number of anilines is 3. The summed E-state index contributed by atoms with van der Waals surface area (Å²) >= 11 is -2.03. The number of ether oxygens (including phenoxy) is 1. The fourth-order valence-corrected chi connectivity index (χ4v) is 3.82. The van der Waals surface area contributed by atoms with E-state index in [2.05, 4.69) is 5.32 Å². The summed E-state index contributed by atoms with van der Waals surface area (Å²) in [4.78, 5) is 4.76. The Morgan fingerprint density at radius 3 is 2.29 bits per heavy atom. The molecule has 6 nitrogen and oxygen atoms in total. The fraction of sp³-hybridized carbons (Fsp3) is 0.174. The van der Waals surface area contributed by atoms with Gasteiger partial charge in [0.2, 0.25) is 0 Å². The molecule has 0 bridgehead atoms. The number of nitrogens with one attached hydrogen (secondary N) is 1. The maximum atomic E-state index is 10.6. The number of rotatable bonds is 8. The molecule has 8 heteroatoms. The van der Waals surface area contributed by atoms with Crippen molar-refractivity contribution in [3.63, 3.8) is 0 Å². The van der Waals surface area contributed by atoms with Gasteiger partial charge >= 0.3 is 29.6 Å². The van der Waals surface area contributed by atoms with E-state index in [1.165, 1.54) is 0 Å². The van der Waals surface area contributed by atoms with E-state index in [0.717, 1.165) is 38.7 Å². The minimum absolute atomic E-state index is 0. The molecule has 1 aromatic heterocycles. The molecule has 154 valence electrons. The van der Waals surface area contributed by atoms with Gasteiger partial charge in [-0.25, -0.2) is 4.98 Å². The van der Waals surface area contributed by atoms with Crippen molar-refractivity contribution in [2.45, 2.75) is 13.0 Å². The summed E-state index contributed by atoms with van der Waals surface area (Å²) in [5.74, 6) is 0.103. The van der Waals surface area contributed by atoms with Crippen LogP contribution in [0.1, 0.15) is 12.0 Å². The Kier molecular flexibility index (Phi) is 8.43. The molecule has 1 atom stereocenters. The van der Waals surface area contributed by atoms with Gasteiger partial charge in [-0.05, 0) is 42.3 Å². The second-order valence-electron chi connectivity index (χ2n) is 7.02. The monoisotopic (exact) mass is 443 g/mol. The van der Waals surface area contributed by atoms with E-state index < -0.39 is 11.1 Å². The quantitative estimate of drug-likeness (QED) is 0.141. The average Bonchev–Trinajstić information content (AvgIpc) is 2.73. The van der Waals surface area contributed by atoms with Crippen molar-refractivity contribution >= 4 is 49.9 Å². The molecule has 0 fully saturated rings. The summed E-state index contributed by atoms with van der Waals surface area (Å²) in [6, 6.07) is 21.8. The first-order chi connectivity index (χ1) is 14.6. The first kappa shape index (κ1) is 23.7. The van der Waals surface area contributed by atoms with E-state index >= 15 is 0 Å². The van der Waals surface area contributed by atoms with Gasteiger partial charge in [0.25, 0.3) is 0 Å². The van der Waals surface area contributed by atoms with Crippen molar-refractivity contribution in [2.75, 3.05) is 23.4 Å². The Bertz CT molecular complexity index is 1170. The Hall–Kier alpha value is -2.00. The van der Waals surface area contributed by atoms with E-state index in [0.29, 0.717) is 25.3 Å². The SMILES string of the molecule is Nc1cc(COCCCS(=O)[O-])cc(Nc2c3ccccc3nc3ccccc23)c1.[Na+]. The number of para-hydroxylation sites is 2. The molecule has 0 radical (unpaired) electrons. The number of pyridine rings is 1. The van der Waals surface area contributed by atoms with Crippen molar-refractivity contribution in [3.05, 3.63) is 72.3 Å². The largest absolute Gasteiger partial charge is 1.00 e. The molecule has 4 rings (SSSR count). The van der Waals surface area contributed by atoms with E-state index in [1.807, 2.05) is 66.7 Å². The van der Waals surface area contributed by atoms with Crippen LogP contribution in [0.15, 0.2) is 66.7 Å². The molecule has 0 amide bonds. The molecule has 4 aromatic rings. The Balaban J connectivity index is 0.00000272. The van der Waals surface area contributed by atoms with Gasteiger partial charge < -0.3 is 20.3 Å². The number of benzene rings is 3. The number of nitrogen functional groups attached to an aromatic ring is 1. The van der Waals surface area contributed by atoms with Crippen molar-refractivity contribution in [2.24, 2.45) is 0 Å². The number of nitrogens with two attached hydrogens (primary N) is 1. The second kappa shape index (κ2) is 11.0. The van der Waals surface area contributed by atoms with Crippen LogP contribution in [-0.4, -0.2) is 26.1 Å². The normalized spacial score (nSPS) is 11.9. The number of nitrogens with zero attached hydrogens (tertiary/aromatic N) is 1. The first-order valence-corrected chi connectivity index (χ1v) is 10.9. The van der Waals surface area contributed by atoms with Gasteiger partial charge in [0, 0.05) is 34.5 Å².